The molecule has 4 N–H and O–H groups in total. The molecule has 58 valence electrons. The fourth-order valence-corrected chi connectivity index (χ4v) is 0. The first-order valence-electron chi connectivity index (χ1n) is 2.97. The van der Waals surface area contributed by atoms with Gasteiger partial charge in [-0.25, -0.2) is 0 Å². The van der Waals surface area contributed by atoms with Crippen LogP contribution in [0.15, 0.2) is 0 Å². The van der Waals surface area contributed by atoms with Gasteiger partial charge in [0.1, 0.15) is 0 Å². The first-order chi connectivity index (χ1) is 3.25. The van der Waals surface area contributed by atoms with Crippen molar-refractivity contribution >= 4 is 8.32 Å². The third-order valence-electron chi connectivity index (χ3n) is 1.84. The molecule has 0 bridgehead atoms. The van der Waals surface area contributed by atoms with Crippen LogP contribution in [0.5, 0.6) is 0 Å². The quantitative estimate of drug-likeness (QED) is 0.518. The van der Waals surface area contributed by atoms with Gasteiger partial charge in [0.15, 0.2) is 8.32 Å². The molecular weight excluding hydrogens is 130 g/mol. The van der Waals surface area contributed by atoms with E-state index in [1.807, 2.05) is 13.1 Å². The number of hydrogen-bond donors (Lipinski definition) is 2. The van der Waals surface area contributed by atoms with Crippen molar-refractivity contribution in [2.24, 2.45) is 0 Å². The molecule has 0 saturated heterocycles. The summed E-state index contributed by atoms with van der Waals surface area (Å²) in [6.45, 7) is 10.2. The van der Waals surface area contributed by atoms with Crippen molar-refractivity contribution in [2.45, 2.75) is 38.9 Å². The van der Waals surface area contributed by atoms with E-state index < -0.39 is 8.32 Å². The van der Waals surface area contributed by atoms with Gasteiger partial charge in [0.05, 0.1) is 0 Å². The summed E-state index contributed by atoms with van der Waals surface area (Å²) in [7, 11) is -1.86. The van der Waals surface area contributed by atoms with Crippen LogP contribution in [0.1, 0.15) is 20.8 Å². The fraction of sp³-hybridized carbons (Fsp3) is 1.00. The van der Waals surface area contributed by atoms with Crippen molar-refractivity contribution in [1.82, 2.24) is 6.15 Å². The molecule has 3 heteroatoms. The molecule has 0 heterocycles. The summed E-state index contributed by atoms with van der Waals surface area (Å²) in [6, 6.07) is 0. The zero-order valence-electron chi connectivity index (χ0n) is 7.15. The summed E-state index contributed by atoms with van der Waals surface area (Å²) >= 11 is 0. The van der Waals surface area contributed by atoms with Crippen LogP contribution in [-0.4, -0.2) is 13.1 Å². The van der Waals surface area contributed by atoms with E-state index in [-0.39, 0.29) is 11.2 Å². The lowest BCUT2D eigenvalue weighted by atomic mass is 10.2. The summed E-state index contributed by atoms with van der Waals surface area (Å²) in [5.74, 6) is 0. The van der Waals surface area contributed by atoms with Crippen molar-refractivity contribution in [3.63, 3.8) is 0 Å². The van der Waals surface area contributed by atoms with Crippen LogP contribution < -0.4 is 6.15 Å². The summed E-state index contributed by atoms with van der Waals surface area (Å²) in [5.41, 5.74) is 0. The predicted molar refractivity (Wildman–Crippen MR) is 44.4 cm³/mol. The summed E-state index contributed by atoms with van der Waals surface area (Å²) < 4.78 is 0. The molecular formula is C6H19NOSi. The van der Waals surface area contributed by atoms with Gasteiger partial charge in [-0.3, -0.25) is 0 Å². The van der Waals surface area contributed by atoms with Crippen LogP contribution in [0.25, 0.3) is 0 Å². The van der Waals surface area contributed by atoms with E-state index in [2.05, 4.69) is 20.8 Å². The molecule has 0 aromatic rings. The van der Waals surface area contributed by atoms with Crippen molar-refractivity contribution < 1.29 is 4.80 Å². The molecule has 2 nitrogen and oxygen atoms in total. The van der Waals surface area contributed by atoms with Crippen molar-refractivity contribution in [3.05, 3.63) is 0 Å². The van der Waals surface area contributed by atoms with Gasteiger partial charge < -0.3 is 10.9 Å². The Bertz CT molecular complexity index is 68.0. The van der Waals surface area contributed by atoms with Crippen LogP contribution in [0.2, 0.25) is 18.1 Å². The fourth-order valence-electron chi connectivity index (χ4n) is 0. The molecule has 0 unspecified atom stereocenters. The minimum absolute atomic E-state index is 0. The molecule has 0 aliphatic rings. The van der Waals surface area contributed by atoms with Crippen LogP contribution >= 0.6 is 0 Å². The van der Waals surface area contributed by atoms with Gasteiger partial charge in [-0.1, -0.05) is 20.8 Å². The normalized spacial score (nSPS) is 12.7. The van der Waals surface area contributed by atoms with Crippen LogP contribution in [0.3, 0.4) is 0 Å². The highest BCUT2D eigenvalue weighted by atomic mass is 28.4. The monoisotopic (exact) mass is 149 g/mol. The highest BCUT2D eigenvalue weighted by Crippen LogP contribution is 2.33. The first kappa shape index (κ1) is 11.9. The maximum absolute atomic E-state index is 9.49. The van der Waals surface area contributed by atoms with Gasteiger partial charge in [0.25, 0.3) is 0 Å². The highest BCUT2D eigenvalue weighted by molar-refractivity contribution is 6.72. The Morgan fingerprint density at radius 1 is 1.11 bits per heavy atom. The van der Waals surface area contributed by atoms with E-state index >= 15 is 0 Å². The van der Waals surface area contributed by atoms with Crippen molar-refractivity contribution in [1.29, 1.82) is 0 Å². The van der Waals surface area contributed by atoms with Gasteiger partial charge >= 0.3 is 0 Å². The molecule has 0 radical (unpaired) electrons. The second-order valence-corrected chi connectivity index (χ2v) is 8.43. The second-order valence-electron chi connectivity index (χ2n) is 3.81. The molecule has 0 atom stereocenters. The van der Waals surface area contributed by atoms with Crippen LogP contribution in [0, 0.1) is 0 Å². The standard InChI is InChI=1S/C6H16OSi.H3N/c1-6(2,3)8(4,5)7;/h7H,1-5H3;1H3. The third kappa shape index (κ3) is 3.67. The molecule has 0 fully saturated rings. The molecule has 0 aliphatic heterocycles. The first-order valence-corrected chi connectivity index (χ1v) is 5.92. The highest BCUT2D eigenvalue weighted by Gasteiger charge is 2.32. The smallest absolute Gasteiger partial charge is 0.187 e. The zero-order chi connectivity index (χ0) is 7.00. The Morgan fingerprint density at radius 2 is 1.22 bits per heavy atom. The van der Waals surface area contributed by atoms with Gasteiger partial charge in [0, 0.05) is 0 Å². The van der Waals surface area contributed by atoms with Gasteiger partial charge in [-0.2, -0.15) is 0 Å². The van der Waals surface area contributed by atoms with Gasteiger partial charge in [-0.05, 0) is 18.1 Å². The SMILES string of the molecule is CC(C)(C)[Si](C)(C)O.N. The van der Waals surface area contributed by atoms with E-state index in [1.165, 1.54) is 0 Å². The van der Waals surface area contributed by atoms with E-state index in [4.69, 9.17) is 0 Å². The lowest BCUT2D eigenvalue weighted by Crippen LogP contribution is -2.36. The Kier molecular flexibility index (Phi) is 3.71. The largest absolute Gasteiger partial charge is 0.432 e. The molecule has 0 aromatic heterocycles. The number of hydrogen-bond acceptors (Lipinski definition) is 2. The predicted octanol–water partition coefficient (Wildman–Crippen LogP) is 2.15. The van der Waals surface area contributed by atoms with E-state index in [9.17, 15) is 4.80 Å². The molecule has 0 aromatic carbocycles. The molecule has 9 heavy (non-hydrogen) atoms. The maximum atomic E-state index is 9.49. The Morgan fingerprint density at radius 3 is 1.22 bits per heavy atom. The van der Waals surface area contributed by atoms with E-state index in [0.29, 0.717) is 0 Å². The Balaban J connectivity index is 0. The van der Waals surface area contributed by atoms with Gasteiger partial charge in [-0.15, -0.1) is 0 Å². The maximum Gasteiger partial charge on any atom is 0.187 e. The average molecular weight is 149 g/mol. The molecule has 0 amide bonds. The number of rotatable bonds is 0. The van der Waals surface area contributed by atoms with Crippen molar-refractivity contribution in [2.75, 3.05) is 0 Å². The lowest BCUT2D eigenvalue weighted by molar-refractivity contribution is 0.487. The minimum atomic E-state index is -1.86. The Labute approximate surface area is 59.0 Å². The molecule has 0 spiro atoms. The summed E-state index contributed by atoms with van der Waals surface area (Å²) in [6.07, 6.45) is 0. The molecule has 0 rings (SSSR count). The van der Waals surface area contributed by atoms with Crippen molar-refractivity contribution in [3.8, 4) is 0 Å². The van der Waals surface area contributed by atoms with E-state index in [1.54, 1.807) is 0 Å². The summed E-state index contributed by atoms with van der Waals surface area (Å²) in [4.78, 5) is 9.49. The third-order valence-corrected chi connectivity index (χ3v) is 5.51. The molecule has 0 aliphatic carbocycles. The Hall–Kier alpha value is 0.137. The zero-order valence-corrected chi connectivity index (χ0v) is 8.15. The molecule has 0 saturated carbocycles. The van der Waals surface area contributed by atoms with E-state index in [0.717, 1.165) is 0 Å². The average Bonchev–Trinajstić information content (AvgIpc) is 1.25. The lowest BCUT2D eigenvalue weighted by Gasteiger charge is -2.30. The van der Waals surface area contributed by atoms with Crippen LogP contribution in [-0.2, 0) is 0 Å². The van der Waals surface area contributed by atoms with Gasteiger partial charge in [0.2, 0.25) is 0 Å². The van der Waals surface area contributed by atoms with Crippen LogP contribution in [0.4, 0.5) is 0 Å². The topological polar surface area (TPSA) is 55.2 Å². The minimum Gasteiger partial charge on any atom is -0.432 e. The summed E-state index contributed by atoms with van der Waals surface area (Å²) in [5, 5.41) is 0.132. The second kappa shape index (κ2) is 2.81.